The molecule has 5 atom stereocenters. The molecule has 17 heteroatoms. The van der Waals surface area contributed by atoms with E-state index in [0.29, 0.717) is 53.8 Å². The third kappa shape index (κ3) is 8.95. The third-order valence-corrected chi connectivity index (χ3v) is 13.5. The molecule has 3 aromatic rings. The molecule has 3 aliphatic carbocycles. The van der Waals surface area contributed by atoms with Crippen molar-refractivity contribution in [2.24, 2.45) is 5.92 Å². The molecule has 7 rings (SSSR count). The van der Waals surface area contributed by atoms with E-state index >= 15 is 0 Å². The van der Waals surface area contributed by atoms with Crippen LogP contribution in [0.25, 0.3) is 22.2 Å². The molecule has 5 amide bonds. The lowest BCUT2D eigenvalue weighted by Crippen LogP contribution is -2.60. The predicted octanol–water partition coefficient (Wildman–Crippen LogP) is 3.61. The van der Waals surface area contributed by atoms with Crippen molar-refractivity contribution in [1.29, 1.82) is 0 Å². The first kappa shape index (κ1) is 42.2. The molecular formula is C43H50N6O10S. The van der Waals surface area contributed by atoms with E-state index in [4.69, 9.17) is 19.2 Å². The number of carbonyl (C=O) groups is 5. The molecule has 2 heterocycles. The van der Waals surface area contributed by atoms with Gasteiger partial charge in [0.2, 0.25) is 27.7 Å². The molecular weight excluding hydrogens is 793 g/mol. The number of pyridine rings is 1. The van der Waals surface area contributed by atoms with Gasteiger partial charge in [-0.25, -0.2) is 18.2 Å². The van der Waals surface area contributed by atoms with Crippen LogP contribution < -0.4 is 24.8 Å². The normalized spacial score (nSPS) is 22.9. The Kier molecular flexibility index (Phi) is 12.2. The standard InChI is InChI=1S/C43H50N6O10S/c1-5-27-23-43(27,41(53)47-60(55,56)31-17-18-31)46-39(51)35-21-30(58-37-22-33(26-12-8-7-9-13-26)45-34-20-29(57-4)16-19-32(34)37)25-49(35)40(52)36(24-44-38(50)6-2)48(3)42(54)59-28-14-10-11-15-28/h5-9,12-13,16,19-20,22,27-28,30-31,35-36H,1-2,10-11,14-15,17-18,21,23-25H2,3-4H3,(H,44,50)(H,46,51)(H,47,53)/t27-,30-,35+,36+,43-/m1/s1. The lowest BCUT2D eigenvalue weighted by Gasteiger charge is -2.33. The molecule has 16 nitrogen and oxygen atoms in total. The van der Waals surface area contributed by atoms with Crippen molar-refractivity contribution in [2.45, 2.75) is 86.4 Å². The van der Waals surface area contributed by atoms with Gasteiger partial charge in [-0.3, -0.25) is 28.8 Å². The van der Waals surface area contributed by atoms with Crippen molar-refractivity contribution < 1.29 is 46.6 Å². The summed E-state index contributed by atoms with van der Waals surface area (Å²) in [6, 6.07) is 14.0. The lowest BCUT2D eigenvalue weighted by molar-refractivity contribution is -0.143. The second-order valence-corrected chi connectivity index (χ2v) is 17.7. The largest absolute Gasteiger partial charge is 0.497 e. The van der Waals surface area contributed by atoms with Crippen molar-refractivity contribution in [1.82, 2.24) is 30.1 Å². The Labute approximate surface area is 348 Å². The van der Waals surface area contributed by atoms with Gasteiger partial charge < -0.3 is 29.7 Å². The average molecular weight is 843 g/mol. The molecule has 4 fully saturated rings. The van der Waals surface area contributed by atoms with E-state index in [1.165, 1.54) is 18.0 Å². The van der Waals surface area contributed by atoms with Gasteiger partial charge in [0.1, 0.15) is 41.3 Å². The second-order valence-electron chi connectivity index (χ2n) is 15.8. The van der Waals surface area contributed by atoms with Gasteiger partial charge in [0.15, 0.2) is 0 Å². The highest BCUT2D eigenvalue weighted by Crippen LogP contribution is 2.46. The molecule has 4 aliphatic rings. The highest BCUT2D eigenvalue weighted by molar-refractivity contribution is 7.91. The number of carbonyl (C=O) groups excluding carboxylic acids is 5. The Balaban J connectivity index is 1.22. The quantitative estimate of drug-likeness (QED) is 0.141. The summed E-state index contributed by atoms with van der Waals surface area (Å²) < 4.78 is 45.7. The molecule has 0 radical (unpaired) electrons. The summed E-state index contributed by atoms with van der Waals surface area (Å²) in [6.07, 6.45) is 4.67. The van der Waals surface area contributed by atoms with Crippen LogP contribution in [0.1, 0.15) is 51.4 Å². The second kappa shape index (κ2) is 17.3. The number of likely N-dealkylation sites (tertiary alicyclic amines) is 1. The zero-order chi connectivity index (χ0) is 42.8. The first-order valence-corrected chi connectivity index (χ1v) is 21.7. The minimum absolute atomic E-state index is 0.0585. The summed E-state index contributed by atoms with van der Waals surface area (Å²) in [6.45, 7) is 6.79. The van der Waals surface area contributed by atoms with Gasteiger partial charge in [0, 0.05) is 49.0 Å². The van der Waals surface area contributed by atoms with Crippen LogP contribution in [0.15, 0.2) is 79.9 Å². The Morgan fingerprint density at radius 1 is 1.02 bits per heavy atom. The summed E-state index contributed by atoms with van der Waals surface area (Å²) in [7, 11) is -1.02. The predicted molar refractivity (Wildman–Crippen MR) is 221 cm³/mol. The van der Waals surface area contributed by atoms with Gasteiger partial charge in [-0.15, -0.1) is 6.58 Å². The maximum atomic E-state index is 14.8. The minimum atomic E-state index is -3.96. The van der Waals surface area contributed by atoms with Crippen molar-refractivity contribution in [3.63, 3.8) is 0 Å². The zero-order valence-corrected chi connectivity index (χ0v) is 34.4. The van der Waals surface area contributed by atoms with Gasteiger partial charge in [-0.05, 0) is 63.2 Å². The summed E-state index contributed by atoms with van der Waals surface area (Å²) in [4.78, 5) is 76.2. The van der Waals surface area contributed by atoms with E-state index < -0.39 is 74.6 Å². The Bertz CT molecular complexity index is 2300. The highest BCUT2D eigenvalue weighted by Gasteiger charge is 2.62. The van der Waals surface area contributed by atoms with Gasteiger partial charge in [-0.1, -0.05) is 43.0 Å². The van der Waals surface area contributed by atoms with Crippen molar-refractivity contribution in [2.75, 3.05) is 27.2 Å². The van der Waals surface area contributed by atoms with E-state index in [9.17, 15) is 32.4 Å². The molecule has 1 aliphatic heterocycles. The number of nitrogens with zero attached hydrogens (tertiary/aromatic N) is 3. The monoisotopic (exact) mass is 842 g/mol. The number of hydrogen-bond donors (Lipinski definition) is 3. The lowest BCUT2D eigenvalue weighted by atomic mass is 10.1. The number of ether oxygens (including phenoxy) is 3. The Hall–Kier alpha value is -5.97. The van der Waals surface area contributed by atoms with Crippen molar-refractivity contribution in [3.8, 4) is 22.8 Å². The smallest absolute Gasteiger partial charge is 0.410 e. The number of benzene rings is 2. The van der Waals surface area contributed by atoms with Crippen LogP contribution in [0.5, 0.6) is 11.5 Å². The van der Waals surface area contributed by atoms with Gasteiger partial charge in [0.05, 0.1) is 30.1 Å². The number of sulfonamides is 1. The van der Waals surface area contributed by atoms with Crippen LogP contribution in [-0.2, 0) is 33.9 Å². The SMILES string of the molecule is C=CC(=O)NC[C@@H](C(=O)N1C[C@H](Oc2cc(-c3ccccc3)nc3cc(OC)ccc23)C[C@H]1C(=O)N[C@]1(C(=O)NS(=O)(=O)C2CC2)C[C@H]1C=C)N(C)C(=O)OC1CCCC1. The van der Waals surface area contributed by atoms with Crippen molar-refractivity contribution in [3.05, 3.63) is 79.9 Å². The molecule has 3 N–H and O–H groups in total. The first-order chi connectivity index (χ1) is 28.8. The van der Waals surface area contributed by atoms with Crippen LogP contribution in [0, 0.1) is 5.92 Å². The molecule has 1 aromatic heterocycles. The molecule has 0 spiro atoms. The van der Waals surface area contributed by atoms with Gasteiger partial charge in [-0.2, -0.15) is 0 Å². The maximum absolute atomic E-state index is 14.8. The van der Waals surface area contributed by atoms with Crippen molar-refractivity contribution >= 4 is 50.6 Å². The summed E-state index contributed by atoms with van der Waals surface area (Å²) in [5, 5.41) is 5.34. The Morgan fingerprint density at radius 2 is 1.75 bits per heavy atom. The van der Waals surface area contributed by atoms with Crippen LogP contribution >= 0.6 is 0 Å². The summed E-state index contributed by atoms with van der Waals surface area (Å²) in [5.74, 6) is -2.50. The van der Waals surface area contributed by atoms with Gasteiger partial charge >= 0.3 is 6.09 Å². The van der Waals surface area contributed by atoms with Gasteiger partial charge in [0.25, 0.3) is 5.91 Å². The fraction of sp³-hybridized carbons (Fsp3) is 0.442. The zero-order valence-electron chi connectivity index (χ0n) is 33.6. The van der Waals surface area contributed by atoms with E-state index in [2.05, 4.69) is 28.5 Å². The fourth-order valence-corrected chi connectivity index (χ4v) is 9.30. The summed E-state index contributed by atoms with van der Waals surface area (Å²) in [5.41, 5.74) is 0.367. The number of fused-ring (bicyclic) bond motifs is 1. The summed E-state index contributed by atoms with van der Waals surface area (Å²) >= 11 is 0. The number of methoxy groups -OCH3 is 1. The van der Waals surface area contributed by atoms with E-state index in [1.54, 1.807) is 31.4 Å². The molecule has 0 unspecified atom stereocenters. The van der Waals surface area contributed by atoms with Crippen LogP contribution in [0.2, 0.25) is 0 Å². The van der Waals surface area contributed by atoms with Crippen LogP contribution in [-0.4, -0.2) is 115 Å². The average Bonchev–Trinajstić information content (AvgIpc) is 4.13. The van der Waals surface area contributed by atoms with Crippen LogP contribution in [0.3, 0.4) is 0 Å². The van der Waals surface area contributed by atoms with E-state index in [0.717, 1.165) is 29.4 Å². The number of aromatic nitrogens is 1. The van der Waals surface area contributed by atoms with E-state index in [-0.39, 0.29) is 32.0 Å². The maximum Gasteiger partial charge on any atom is 0.410 e. The number of likely N-dealkylation sites (N-methyl/N-ethyl adjacent to an activating group) is 1. The number of nitrogens with one attached hydrogen (secondary N) is 3. The van der Waals surface area contributed by atoms with E-state index in [1.807, 2.05) is 30.3 Å². The molecule has 1 saturated heterocycles. The molecule has 318 valence electrons. The third-order valence-electron chi connectivity index (χ3n) is 11.7. The Morgan fingerprint density at radius 3 is 2.40 bits per heavy atom. The molecule has 0 bridgehead atoms. The number of hydrogen-bond acceptors (Lipinski definition) is 11. The minimum Gasteiger partial charge on any atom is -0.497 e. The number of rotatable bonds is 16. The molecule has 60 heavy (non-hydrogen) atoms. The molecule has 3 saturated carbocycles. The fourth-order valence-electron chi connectivity index (χ4n) is 7.94. The topological polar surface area (TPSA) is 203 Å². The molecule has 2 aromatic carbocycles. The first-order valence-electron chi connectivity index (χ1n) is 20.1. The van der Waals surface area contributed by atoms with Crippen LogP contribution in [0.4, 0.5) is 4.79 Å². The highest BCUT2D eigenvalue weighted by atomic mass is 32.2. The number of amides is 5.